The number of para-hydroxylation sites is 2. The molecule has 0 radical (unpaired) electrons. The van der Waals surface area contributed by atoms with E-state index in [9.17, 15) is 9.59 Å². The van der Waals surface area contributed by atoms with Crippen LogP contribution in [0, 0.1) is 0 Å². The second kappa shape index (κ2) is 9.27. The topological polar surface area (TPSA) is 65.1 Å². The second-order valence-electron chi connectivity index (χ2n) is 6.36. The fourth-order valence-corrected chi connectivity index (χ4v) is 2.86. The maximum Gasteiger partial charge on any atom is 0.312 e. The van der Waals surface area contributed by atoms with Crippen LogP contribution in [0.5, 0.6) is 5.75 Å². The SMILES string of the molecule is COc1ccccc1N1CCN(C(=O)C(=O)NCCCN(C)C)CC1. The number of nitrogens with one attached hydrogen (secondary N) is 1. The molecular formula is C18H28N4O3. The van der Waals surface area contributed by atoms with E-state index in [2.05, 4.69) is 10.2 Å². The number of ether oxygens (including phenoxy) is 1. The molecule has 1 aliphatic heterocycles. The van der Waals surface area contributed by atoms with Gasteiger partial charge in [0.15, 0.2) is 0 Å². The summed E-state index contributed by atoms with van der Waals surface area (Å²) in [4.78, 5) is 30.1. The molecule has 1 fully saturated rings. The molecule has 0 bridgehead atoms. The molecule has 0 aromatic heterocycles. The minimum atomic E-state index is -0.510. The third-order valence-corrected chi connectivity index (χ3v) is 4.25. The predicted octanol–water partition coefficient (Wildman–Crippen LogP) is 0.412. The number of anilines is 1. The van der Waals surface area contributed by atoms with Crippen LogP contribution in [0.1, 0.15) is 6.42 Å². The van der Waals surface area contributed by atoms with Crippen molar-refractivity contribution in [1.29, 1.82) is 0 Å². The zero-order chi connectivity index (χ0) is 18.2. The smallest absolute Gasteiger partial charge is 0.312 e. The van der Waals surface area contributed by atoms with Crippen LogP contribution >= 0.6 is 0 Å². The van der Waals surface area contributed by atoms with Crippen LogP contribution in [0.4, 0.5) is 5.69 Å². The molecule has 2 rings (SSSR count). The number of carbonyl (C=O) groups is 2. The molecule has 0 spiro atoms. The average Bonchev–Trinajstić information content (AvgIpc) is 2.64. The molecular weight excluding hydrogens is 320 g/mol. The fourth-order valence-electron chi connectivity index (χ4n) is 2.86. The van der Waals surface area contributed by atoms with Gasteiger partial charge in [0.2, 0.25) is 0 Å². The summed E-state index contributed by atoms with van der Waals surface area (Å²) in [5.41, 5.74) is 1.02. The van der Waals surface area contributed by atoms with Crippen molar-refractivity contribution < 1.29 is 14.3 Å². The molecule has 0 aliphatic carbocycles. The average molecular weight is 348 g/mol. The molecule has 25 heavy (non-hydrogen) atoms. The number of hydrogen-bond acceptors (Lipinski definition) is 5. The van der Waals surface area contributed by atoms with Crippen LogP contribution in [-0.4, -0.2) is 82.1 Å². The first-order valence-corrected chi connectivity index (χ1v) is 8.62. The maximum absolute atomic E-state index is 12.3. The molecule has 1 saturated heterocycles. The molecule has 1 aliphatic rings. The van der Waals surface area contributed by atoms with E-state index >= 15 is 0 Å². The molecule has 1 N–H and O–H groups in total. The number of amides is 2. The number of piperazine rings is 1. The zero-order valence-corrected chi connectivity index (χ0v) is 15.3. The molecule has 138 valence electrons. The molecule has 0 atom stereocenters. The van der Waals surface area contributed by atoms with E-state index in [0.29, 0.717) is 32.7 Å². The Bertz CT molecular complexity index is 583. The van der Waals surface area contributed by atoms with Crippen LogP contribution in [0.2, 0.25) is 0 Å². The lowest BCUT2D eigenvalue weighted by atomic mass is 10.2. The fraction of sp³-hybridized carbons (Fsp3) is 0.556. The zero-order valence-electron chi connectivity index (χ0n) is 15.3. The minimum Gasteiger partial charge on any atom is -0.495 e. The van der Waals surface area contributed by atoms with Crippen LogP contribution in [-0.2, 0) is 9.59 Å². The van der Waals surface area contributed by atoms with Gasteiger partial charge in [-0.3, -0.25) is 9.59 Å². The maximum atomic E-state index is 12.3. The Morgan fingerprint density at radius 2 is 1.84 bits per heavy atom. The first kappa shape index (κ1) is 19.1. The largest absolute Gasteiger partial charge is 0.495 e. The van der Waals surface area contributed by atoms with Crippen LogP contribution < -0.4 is 15.0 Å². The molecule has 2 amide bonds. The molecule has 7 heteroatoms. The van der Waals surface area contributed by atoms with Gasteiger partial charge in [-0.2, -0.15) is 0 Å². The monoisotopic (exact) mass is 348 g/mol. The second-order valence-corrected chi connectivity index (χ2v) is 6.36. The first-order chi connectivity index (χ1) is 12.0. The van der Waals surface area contributed by atoms with Gasteiger partial charge in [0.25, 0.3) is 0 Å². The first-order valence-electron chi connectivity index (χ1n) is 8.62. The van der Waals surface area contributed by atoms with Crippen molar-refractivity contribution in [2.75, 3.05) is 65.4 Å². The standard InChI is InChI=1S/C18H28N4O3/c1-20(2)10-6-9-19-17(23)18(24)22-13-11-21(12-14-22)15-7-4-5-8-16(15)25-3/h4-5,7-8H,6,9-14H2,1-3H3,(H,19,23). The quantitative estimate of drug-likeness (QED) is 0.596. The van der Waals surface area contributed by atoms with E-state index in [4.69, 9.17) is 4.74 Å². The lowest BCUT2D eigenvalue weighted by Crippen LogP contribution is -2.52. The van der Waals surface area contributed by atoms with Crippen molar-refractivity contribution in [2.24, 2.45) is 0 Å². The van der Waals surface area contributed by atoms with E-state index < -0.39 is 11.8 Å². The third kappa shape index (κ3) is 5.35. The van der Waals surface area contributed by atoms with E-state index in [-0.39, 0.29) is 0 Å². The Morgan fingerprint density at radius 1 is 1.16 bits per heavy atom. The van der Waals surface area contributed by atoms with Crippen LogP contribution in [0.15, 0.2) is 24.3 Å². The lowest BCUT2D eigenvalue weighted by Gasteiger charge is -2.36. The number of benzene rings is 1. The van der Waals surface area contributed by atoms with Gasteiger partial charge >= 0.3 is 11.8 Å². The summed E-state index contributed by atoms with van der Waals surface area (Å²) in [6.07, 6.45) is 0.827. The van der Waals surface area contributed by atoms with E-state index in [1.165, 1.54) is 0 Å². The highest BCUT2D eigenvalue weighted by molar-refractivity contribution is 6.35. The number of nitrogens with zero attached hydrogens (tertiary/aromatic N) is 3. The van der Waals surface area contributed by atoms with Crippen molar-refractivity contribution in [3.05, 3.63) is 24.3 Å². The third-order valence-electron chi connectivity index (χ3n) is 4.25. The number of rotatable bonds is 6. The van der Waals surface area contributed by atoms with Gasteiger partial charge < -0.3 is 24.8 Å². The predicted molar refractivity (Wildman–Crippen MR) is 98.0 cm³/mol. The molecule has 1 heterocycles. The van der Waals surface area contributed by atoms with Gasteiger partial charge in [-0.25, -0.2) is 0 Å². The van der Waals surface area contributed by atoms with Crippen molar-refractivity contribution in [3.63, 3.8) is 0 Å². The normalized spacial score (nSPS) is 14.6. The Morgan fingerprint density at radius 3 is 2.48 bits per heavy atom. The Kier molecular flexibility index (Phi) is 7.06. The minimum absolute atomic E-state index is 0.440. The van der Waals surface area contributed by atoms with Crippen molar-refractivity contribution >= 4 is 17.5 Å². The van der Waals surface area contributed by atoms with Gasteiger partial charge in [-0.05, 0) is 39.2 Å². The summed E-state index contributed by atoms with van der Waals surface area (Å²) in [5, 5.41) is 2.71. The van der Waals surface area contributed by atoms with E-state index in [0.717, 1.165) is 24.4 Å². The van der Waals surface area contributed by atoms with E-state index in [1.54, 1.807) is 12.0 Å². The summed E-state index contributed by atoms with van der Waals surface area (Å²) in [5.74, 6) is -0.130. The molecule has 0 saturated carbocycles. The number of methoxy groups -OCH3 is 1. The van der Waals surface area contributed by atoms with Gasteiger partial charge in [-0.15, -0.1) is 0 Å². The summed E-state index contributed by atoms with van der Waals surface area (Å²) in [6.45, 7) is 3.82. The summed E-state index contributed by atoms with van der Waals surface area (Å²) in [7, 11) is 5.61. The summed E-state index contributed by atoms with van der Waals surface area (Å²) < 4.78 is 5.39. The van der Waals surface area contributed by atoms with Gasteiger partial charge in [0.05, 0.1) is 12.8 Å². The van der Waals surface area contributed by atoms with Crippen molar-refractivity contribution in [1.82, 2.24) is 15.1 Å². The molecule has 0 unspecified atom stereocenters. The van der Waals surface area contributed by atoms with E-state index in [1.807, 2.05) is 43.3 Å². The summed E-state index contributed by atoms with van der Waals surface area (Å²) >= 11 is 0. The highest BCUT2D eigenvalue weighted by Crippen LogP contribution is 2.28. The van der Waals surface area contributed by atoms with Crippen LogP contribution in [0.3, 0.4) is 0 Å². The Labute approximate surface area is 149 Å². The Balaban J connectivity index is 1.81. The van der Waals surface area contributed by atoms with Gasteiger partial charge in [-0.1, -0.05) is 12.1 Å². The lowest BCUT2D eigenvalue weighted by molar-refractivity contribution is -0.146. The summed E-state index contributed by atoms with van der Waals surface area (Å²) in [6, 6.07) is 7.83. The van der Waals surface area contributed by atoms with Crippen LogP contribution in [0.25, 0.3) is 0 Å². The molecule has 1 aromatic carbocycles. The number of carbonyl (C=O) groups excluding carboxylic acids is 2. The van der Waals surface area contributed by atoms with Gasteiger partial charge in [0.1, 0.15) is 5.75 Å². The highest BCUT2D eigenvalue weighted by Gasteiger charge is 2.26. The number of hydrogen-bond donors (Lipinski definition) is 1. The highest BCUT2D eigenvalue weighted by atomic mass is 16.5. The van der Waals surface area contributed by atoms with Gasteiger partial charge in [0, 0.05) is 32.7 Å². The molecule has 7 nitrogen and oxygen atoms in total. The van der Waals surface area contributed by atoms with Crippen molar-refractivity contribution in [2.45, 2.75) is 6.42 Å². The van der Waals surface area contributed by atoms with Crippen molar-refractivity contribution in [3.8, 4) is 5.75 Å². The Hall–Kier alpha value is -2.28. The molecule has 1 aromatic rings.